The molecule has 0 amide bonds. The van der Waals surface area contributed by atoms with Crippen molar-refractivity contribution in [2.75, 3.05) is 13.7 Å². The van der Waals surface area contributed by atoms with Crippen molar-refractivity contribution >= 4 is 29.5 Å². The maximum Gasteiger partial charge on any atom is 0.349 e. The molecule has 0 fully saturated rings. The standard InChI is InChI=1S/C29H22N2O8/c1-37-28-17-20(7-9-23-10-13-24(30(33)34)18-26(23)31(35)36)8-16-27(28)39-29(32)19-38-25-14-11-22(12-15-25)21-5-3-2-4-6-21/h2-18H,19H2,1H3. The van der Waals surface area contributed by atoms with Gasteiger partial charge in [0.25, 0.3) is 11.4 Å². The van der Waals surface area contributed by atoms with Gasteiger partial charge in [-0.05, 0) is 53.1 Å². The van der Waals surface area contributed by atoms with Crippen LogP contribution in [0.1, 0.15) is 11.1 Å². The van der Waals surface area contributed by atoms with Gasteiger partial charge in [-0.25, -0.2) is 4.79 Å². The van der Waals surface area contributed by atoms with Gasteiger partial charge in [-0.15, -0.1) is 0 Å². The third-order valence-corrected chi connectivity index (χ3v) is 5.61. The lowest BCUT2D eigenvalue weighted by atomic mass is 10.1. The molecule has 196 valence electrons. The number of nitrogens with zero attached hydrogens (tertiary/aromatic N) is 2. The Bertz CT molecular complexity index is 1530. The van der Waals surface area contributed by atoms with E-state index in [4.69, 9.17) is 14.2 Å². The van der Waals surface area contributed by atoms with Crippen molar-refractivity contribution in [3.05, 3.63) is 122 Å². The highest BCUT2D eigenvalue weighted by Gasteiger charge is 2.18. The first-order valence-electron chi connectivity index (χ1n) is 11.6. The van der Waals surface area contributed by atoms with Gasteiger partial charge >= 0.3 is 5.97 Å². The van der Waals surface area contributed by atoms with E-state index < -0.39 is 21.5 Å². The van der Waals surface area contributed by atoms with Crippen LogP contribution in [0, 0.1) is 20.2 Å². The molecule has 39 heavy (non-hydrogen) atoms. The molecule has 10 nitrogen and oxygen atoms in total. The highest BCUT2D eigenvalue weighted by molar-refractivity contribution is 5.78. The zero-order valence-corrected chi connectivity index (χ0v) is 20.7. The Morgan fingerprint density at radius 3 is 2.18 bits per heavy atom. The number of carbonyl (C=O) groups excluding carboxylic acids is 1. The summed E-state index contributed by atoms with van der Waals surface area (Å²) in [6.07, 6.45) is 3.03. The molecule has 0 bridgehead atoms. The van der Waals surface area contributed by atoms with Crippen LogP contribution in [0.3, 0.4) is 0 Å². The third kappa shape index (κ3) is 6.83. The van der Waals surface area contributed by atoms with Crippen LogP contribution >= 0.6 is 0 Å². The van der Waals surface area contributed by atoms with E-state index in [1.165, 1.54) is 31.4 Å². The van der Waals surface area contributed by atoms with E-state index >= 15 is 0 Å². The predicted molar refractivity (Wildman–Crippen MR) is 145 cm³/mol. The van der Waals surface area contributed by atoms with E-state index in [9.17, 15) is 25.0 Å². The number of hydrogen-bond acceptors (Lipinski definition) is 8. The first-order valence-corrected chi connectivity index (χ1v) is 11.6. The van der Waals surface area contributed by atoms with Crippen molar-refractivity contribution < 1.29 is 28.9 Å². The van der Waals surface area contributed by atoms with E-state index in [0.29, 0.717) is 11.3 Å². The topological polar surface area (TPSA) is 131 Å². The molecule has 0 N–H and O–H groups in total. The monoisotopic (exact) mass is 526 g/mol. The van der Waals surface area contributed by atoms with E-state index in [0.717, 1.165) is 17.2 Å². The number of methoxy groups -OCH3 is 1. The van der Waals surface area contributed by atoms with Gasteiger partial charge < -0.3 is 14.2 Å². The zero-order valence-electron chi connectivity index (χ0n) is 20.7. The quantitative estimate of drug-likeness (QED) is 0.0770. The number of hydrogen-bond donors (Lipinski definition) is 0. The smallest absolute Gasteiger partial charge is 0.349 e. The highest BCUT2D eigenvalue weighted by Crippen LogP contribution is 2.31. The summed E-state index contributed by atoms with van der Waals surface area (Å²) in [5, 5.41) is 22.3. The second-order valence-corrected chi connectivity index (χ2v) is 8.15. The molecule has 0 atom stereocenters. The number of ether oxygens (including phenoxy) is 3. The first kappa shape index (κ1) is 26.6. The molecule has 0 aliphatic carbocycles. The van der Waals surface area contributed by atoms with Gasteiger partial charge in [-0.3, -0.25) is 20.2 Å². The second kappa shape index (κ2) is 12.2. The molecule has 0 saturated carbocycles. The molecule has 0 unspecified atom stereocenters. The lowest BCUT2D eigenvalue weighted by Gasteiger charge is -2.11. The number of carbonyl (C=O) groups is 1. The number of rotatable bonds is 10. The molecular weight excluding hydrogens is 504 g/mol. The van der Waals surface area contributed by atoms with Gasteiger partial charge in [0.05, 0.1) is 28.6 Å². The largest absolute Gasteiger partial charge is 0.493 e. The molecule has 10 heteroatoms. The van der Waals surface area contributed by atoms with Crippen molar-refractivity contribution in [3.63, 3.8) is 0 Å². The fourth-order valence-corrected chi connectivity index (χ4v) is 3.67. The molecular formula is C29H22N2O8. The van der Waals surface area contributed by atoms with Crippen molar-refractivity contribution in [1.29, 1.82) is 0 Å². The fourth-order valence-electron chi connectivity index (χ4n) is 3.67. The van der Waals surface area contributed by atoms with Crippen LogP contribution in [-0.2, 0) is 4.79 Å². The van der Waals surface area contributed by atoms with Gasteiger partial charge in [-0.2, -0.15) is 0 Å². The van der Waals surface area contributed by atoms with Crippen LogP contribution in [0.4, 0.5) is 11.4 Å². The van der Waals surface area contributed by atoms with Gasteiger partial charge in [0.15, 0.2) is 18.1 Å². The minimum absolute atomic E-state index is 0.170. The Labute approximate surface area is 223 Å². The Hall–Kier alpha value is -5.51. The number of non-ortho nitro benzene ring substituents is 1. The fraction of sp³-hybridized carbons (Fsp3) is 0.0690. The van der Waals surface area contributed by atoms with Crippen LogP contribution in [0.2, 0.25) is 0 Å². The molecule has 0 aliphatic rings. The Morgan fingerprint density at radius 2 is 1.51 bits per heavy atom. The van der Waals surface area contributed by atoms with Crippen molar-refractivity contribution in [2.45, 2.75) is 0 Å². The van der Waals surface area contributed by atoms with Crippen LogP contribution in [0.5, 0.6) is 17.2 Å². The van der Waals surface area contributed by atoms with Gasteiger partial charge in [0.1, 0.15) is 5.75 Å². The highest BCUT2D eigenvalue weighted by atomic mass is 16.6. The van der Waals surface area contributed by atoms with Crippen LogP contribution in [-0.4, -0.2) is 29.5 Å². The minimum atomic E-state index is -0.696. The van der Waals surface area contributed by atoms with Crippen molar-refractivity contribution in [1.82, 2.24) is 0 Å². The summed E-state index contributed by atoms with van der Waals surface area (Å²) in [7, 11) is 1.41. The van der Waals surface area contributed by atoms with E-state index in [-0.39, 0.29) is 29.4 Å². The van der Waals surface area contributed by atoms with Crippen LogP contribution < -0.4 is 14.2 Å². The molecule has 0 saturated heterocycles. The van der Waals surface area contributed by atoms with E-state index in [1.54, 1.807) is 30.3 Å². The third-order valence-electron chi connectivity index (χ3n) is 5.61. The number of esters is 1. The average Bonchev–Trinajstić information content (AvgIpc) is 2.96. The molecule has 0 spiro atoms. The summed E-state index contributed by atoms with van der Waals surface area (Å²) in [5.74, 6) is 0.310. The van der Waals surface area contributed by atoms with E-state index in [1.807, 2.05) is 42.5 Å². The van der Waals surface area contributed by atoms with Crippen molar-refractivity contribution in [2.24, 2.45) is 0 Å². The summed E-state index contributed by atoms with van der Waals surface area (Å²) in [4.78, 5) is 33.3. The second-order valence-electron chi connectivity index (χ2n) is 8.15. The van der Waals surface area contributed by atoms with Crippen LogP contribution in [0.15, 0.2) is 91.0 Å². The van der Waals surface area contributed by atoms with Gasteiger partial charge in [0, 0.05) is 6.07 Å². The Balaban J connectivity index is 1.39. The number of nitro benzene ring substituents is 2. The average molecular weight is 527 g/mol. The normalized spacial score (nSPS) is 10.7. The minimum Gasteiger partial charge on any atom is -0.493 e. The van der Waals surface area contributed by atoms with E-state index in [2.05, 4.69) is 0 Å². The van der Waals surface area contributed by atoms with Gasteiger partial charge in [0.2, 0.25) is 0 Å². The Morgan fingerprint density at radius 1 is 0.795 bits per heavy atom. The lowest BCUT2D eigenvalue weighted by molar-refractivity contribution is -0.394. The SMILES string of the molecule is COc1cc(C=Cc2ccc([N+](=O)[O-])cc2[N+](=O)[O-])ccc1OC(=O)COc1ccc(-c2ccccc2)cc1. The molecule has 4 aromatic carbocycles. The van der Waals surface area contributed by atoms with Crippen LogP contribution in [0.25, 0.3) is 23.3 Å². The molecule has 0 aromatic heterocycles. The summed E-state index contributed by atoms with van der Waals surface area (Å²) in [6, 6.07) is 25.3. The van der Waals surface area contributed by atoms with Crippen molar-refractivity contribution in [3.8, 4) is 28.4 Å². The zero-order chi connectivity index (χ0) is 27.8. The van der Waals surface area contributed by atoms with Gasteiger partial charge in [-0.1, -0.05) is 54.6 Å². The molecule has 0 heterocycles. The Kier molecular flexibility index (Phi) is 8.27. The number of benzene rings is 4. The molecule has 0 radical (unpaired) electrons. The summed E-state index contributed by atoms with van der Waals surface area (Å²) in [6.45, 7) is -0.320. The molecule has 0 aliphatic heterocycles. The summed E-state index contributed by atoms with van der Waals surface area (Å²) in [5.41, 5.74) is 2.10. The summed E-state index contributed by atoms with van der Waals surface area (Å²) < 4.78 is 16.3. The predicted octanol–water partition coefficient (Wildman–Crippen LogP) is 6.33. The first-order chi connectivity index (χ1) is 18.8. The maximum absolute atomic E-state index is 12.4. The lowest BCUT2D eigenvalue weighted by Crippen LogP contribution is -2.18. The molecule has 4 aromatic rings. The maximum atomic E-state index is 12.4. The number of nitro groups is 2. The summed E-state index contributed by atoms with van der Waals surface area (Å²) >= 11 is 0. The molecule has 4 rings (SSSR count).